The van der Waals surface area contributed by atoms with Crippen LogP contribution in [0.25, 0.3) is 0 Å². The molecule has 0 fully saturated rings. The minimum Gasteiger partial charge on any atom is -0.393 e. The minimum atomic E-state index is -0.589. The van der Waals surface area contributed by atoms with Crippen LogP contribution in [0.1, 0.15) is 19.4 Å². The van der Waals surface area contributed by atoms with Crippen molar-refractivity contribution >= 4 is 21.6 Å². The Kier molecular flexibility index (Phi) is 4.84. The van der Waals surface area contributed by atoms with Crippen LogP contribution in [0.3, 0.4) is 0 Å². The van der Waals surface area contributed by atoms with Gasteiger partial charge in [-0.2, -0.15) is 0 Å². The molecular weight excluding hydrogens is 300 g/mol. The van der Waals surface area contributed by atoms with Crippen molar-refractivity contribution in [1.29, 1.82) is 0 Å². The number of nitro benzene ring substituents is 1. The number of rotatable bonds is 5. The zero-order valence-corrected chi connectivity index (χ0v) is 12.0. The molecule has 3 N–H and O–H groups in total. The van der Waals surface area contributed by atoms with Gasteiger partial charge in [-0.15, -0.1) is 0 Å². The topological polar surface area (TPSA) is 89.4 Å². The normalized spacial score (nSPS) is 16.1. The van der Waals surface area contributed by atoms with Crippen molar-refractivity contribution in [1.82, 2.24) is 0 Å². The lowest BCUT2D eigenvalue weighted by atomic mass is 9.79. The molecule has 0 spiro atoms. The van der Waals surface area contributed by atoms with Crippen LogP contribution < -0.4 is 5.73 Å². The average molecular weight is 317 g/mol. The van der Waals surface area contributed by atoms with E-state index in [9.17, 15) is 15.2 Å². The summed E-state index contributed by atoms with van der Waals surface area (Å²) in [5, 5.41) is 20.6. The van der Waals surface area contributed by atoms with Gasteiger partial charge in [-0.25, -0.2) is 0 Å². The van der Waals surface area contributed by atoms with Gasteiger partial charge in [-0.05, 0) is 34.8 Å². The number of hydrogen-bond donors (Lipinski definition) is 2. The molecule has 0 saturated carbocycles. The van der Waals surface area contributed by atoms with Crippen molar-refractivity contribution in [3.63, 3.8) is 0 Å². The molecule has 0 saturated heterocycles. The number of nitrogens with two attached hydrogens (primary N) is 1. The highest BCUT2D eigenvalue weighted by atomic mass is 79.9. The van der Waals surface area contributed by atoms with E-state index >= 15 is 0 Å². The third-order valence-corrected chi connectivity index (χ3v) is 4.24. The van der Waals surface area contributed by atoms with Crippen molar-refractivity contribution in [2.45, 2.75) is 26.4 Å². The molecular formula is C12H17BrN2O3. The fourth-order valence-electron chi connectivity index (χ4n) is 1.67. The van der Waals surface area contributed by atoms with E-state index in [0.29, 0.717) is 17.4 Å². The van der Waals surface area contributed by atoms with E-state index in [1.165, 1.54) is 6.07 Å². The second-order valence-corrected chi connectivity index (χ2v) is 5.51. The van der Waals surface area contributed by atoms with Gasteiger partial charge in [0.2, 0.25) is 0 Å². The number of aliphatic hydroxyl groups excluding tert-OH is 1. The van der Waals surface area contributed by atoms with E-state index in [2.05, 4.69) is 15.9 Å². The predicted molar refractivity (Wildman–Crippen MR) is 73.3 cm³/mol. The number of hydrogen-bond acceptors (Lipinski definition) is 4. The first-order chi connectivity index (χ1) is 8.31. The summed E-state index contributed by atoms with van der Waals surface area (Å²) >= 11 is 3.25. The monoisotopic (exact) mass is 316 g/mol. The first-order valence-electron chi connectivity index (χ1n) is 5.61. The zero-order chi connectivity index (χ0) is 13.9. The second kappa shape index (κ2) is 5.77. The lowest BCUT2D eigenvalue weighted by molar-refractivity contribution is -0.385. The summed E-state index contributed by atoms with van der Waals surface area (Å²) in [6.45, 7) is 3.85. The highest BCUT2D eigenvalue weighted by Crippen LogP contribution is 2.34. The fraction of sp³-hybridized carbons (Fsp3) is 0.500. The summed E-state index contributed by atoms with van der Waals surface area (Å²) in [5.41, 5.74) is 5.99. The Balaban J connectivity index is 3.12. The third kappa shape index (κ3) is 3.07. The van der Waals surface area contributed by atoms with Crippen molar-refractivity contribution in [3.05, 3.63) is 38.3 Å². The third-order valence-electron chi connectivity index (χ3n) is 3.32. The molecule has 18 heavy (non-hydrogen) atoms. The molecule has 0 amide bonds. The van der Waals surface area contributed by atoms with Crippen LogP contribution in [0.4, 0.5) is 5.69 Å². The fourth-order valence-corrected chi connectivity index (χ4v) is 2.22. The summed E-state index contributed by atoms with van der Waals surface area (Å²) < 4.78 is 0.454. The number of nitro groups is 1. The van der Waals surface area contributed by atoms with Crippen molar-refractivity contribution in [2.24, 2.45) is 11.1 Å². The highest BCUT2D eigenvalue weighted by Gasteiger charge is 2.30. The lowest BCUT2D eigenvalue weighted by Crippen LogP contribution is -2.39. The van der Waals surface area contributed by atoms with Crippen LogP contribution in [-0.2, 0) is 6.42 Å². The molecule has 2 atom stereocenters. The predicted octanol–water partition coefficient (Wildman–Crippen LogP) is 2.25. The van der Waals surface area contributed by atoms with E-state index in [1.807, 2.05) is 6.92 Å². The highest BCUT2D eigenvalue weighted by molar-refractivity contribution is 9.10. The molecule has 0 aromatic heterocycles. The Bertz CT molecular complexity index is 451. The Labute approximate surface area is 114 Å². The van der Waals surface area contributed by atoms with E-state index in [0.717, 1.165) is 5.56 Å². The summed E-state index contributed by atoms with van der Waals surface area (Å²) in [5.74, 6) is 0. The van der Waals surface area contributed by atoms with Crippen molar-refractivity contribution in [2.75, 3.05) is 6.54 Å². The molecule has 1 rings (SSSR count). The van der Waals surface area contributed by atoms with Crippen LogP contribution in [0.5, 0.6) is 0 Å². The van der Waals surface area contributed by atoms with Crippen LogP contribution in [-0.4, -0.2) is 22.7 Å². The standard InChI is InChI=1S/C12H17BrN2O3/c1-8(16)12(2,7-14)6-9-4-3-5-10(11(9)13)15(17)18/h3-5,8,16H,6-7,14H2,1-2H3. The Hall–Kier alpha value is -0.980. The van der Waals surface area contributed by atoms with Gasteiger partial charge < -0.3 is 10.8 Å². The first kappa shape index (κ1) is 15.1. The SMILES string of the molecule is CC(O)C(C)(CN)Cc1cccc([N+](=O)[O-])c1Br. The van der Waals surface area contributed by atoms with Crippen LogP contribution >= 0.6 is 15.9 Å². The van der Waals surface area contributed by atoms with E-state index in [-0.39, 0.29) is 5.69 Å². The van der Waals surface area contributed by atoms with E-state index in [1.54, 1.807) is 19.1 Å². The summed E-state index contributed by atoms with van der Waals surface area (Å²) in [7, 11) is 0. The number of benzene rings is 1. The molecule has 0 aliphatic heterocycles. The maximum absolute atomic E-state index is 10.8. The van der Waals surface area contributed by atoms with Gasteiger partial charge in [-0.1, -0.05) is 19.1 Å². The maximum Gasteiger partial charge on any atom is 0.283 e. The van der Waals surface area contributed by atoms with Crippen LogP contribution in [0.2, 0.25) is 0 Å². The van der Waals surface area contributed by atoms with Gasteiger partial charge in [0.25, 0.3) is 5.69 Å². The molecule has 1 aromatic carbocycles. The van der Waals surface area contributed by atoms with Crippen molar-refractivity contribution in [3.8, 4) is 0 Å². The number of halogens is 1. The second-order valence-electron chi connectivity index (χ2n) is 4.72. The average Bonchev–Trinajstić information content (AvgIpc) is 2.31. The van der Waals surface area contributed by atoms with Gasteiger partial charge >= 0.3 is 0 Å². The molecule has 6 heteroatoms. The van der Waals surface area contributed by atoms with Crippen LogP contribution in [0, 0.1) is 15.5 Å². The van der Waals surface area contributed by atoms with Crippen LogP contribution in [0.15, 0.2) is 22.7 Å². The van der Waals surface area contributed by atoms with Gasteiger partial charge in [-0.3, -0.25) is 10.1 Å². The first-order valence-corrected chi connectivity index (χ1v) is 6.41. The van der Waals surface area contributed by atoms with E-state index in [4.69, 9.17) is 5.73 Å². The Morgan fingerprint density at radius 1 is 1.61 bits per heavy atom. The Morgan fingerprint density at radius 3 is 2.67 bits per heavy atom. The van der Waals surface area contributed by atoms with Gasteiger partial charge in [0.1, 0.15) is 0 Å². The molecule has 0 radical (unpaired) electrons. The largest absolute Gasteiger partial charge is 0.393 e. The number of nitrogens with zero attached hydrogens (tertiary/aromatic N) is 1. The molecule has 0 aliphatic carbocycles. The minimum absolute atomic E-state index is 0.0254. The Morgan fingerprint density at radius 2 is 2.22 bits per heavy atom. The molecule has 0 bridgehead atoms. The van der Waals surface area contributed by atoms with Gasteiger partial charge in [0.15, 0.2) is 0 Å². The van der Waals surface area contributed by atoms with Crippen molar-refractivity contribution < 1.29 is 10.0 Å². The van der Waals surface area contributed by atoms with Gasteiger partial charge in [0.05, 0.1) is 15.5 Å². The molecule has 100 valence electrons. The molecule has 2 unspecified atom stereocenters. The molecule has 1 aromatic rings. The summed E-state index contributed by atoms with van der Waals surface area (Å²) in [4.78, 5) is 10.4. The molecule has 0 heterocycles. The lowest BCUT2D eigenvalue weighted by Gasteiger charge is -2.31. The summed E-state index contributed by atoms with van der Waals surface area (Å²) in [6.07, 6.45) is -0.114. The maximum atomic E-state index is 10.8. The molecule has 5 nitrogen and oxygen atoms in total. The summed E-state index contributed by atoms with van der Waals surface area (Å²) in [6, 6.07) is 4.88. The molecule has 0 aliphatic rings. The quantitative estimate of drug-likeness (QED) is 0.644. The number of aliphatic hydroxyl groups is 1. The zero-order valence-electron chi connectivity index (χ0n) is 10.4. The van der Waals surface area contributed by atoms with E-state index < -0.39 is 16.4 Å². The smallest absolute Gasteiger partial charge is 0.283 e. The van der Waals surface area contributed by atoms with Gasteiger partial charge in [0, 0.05) is 18.0 Å².